The first kappa shape index (κ1) is 34.2. The Morgan fingerprint density at radius 2 is 0.862 bits per heavy atom. The summed E-state index contributed by atoms with van der Waals surface area (Å²) in [7, 11) is 0. The number of aryl methyl sites for hydroxylation is 2. The van der Waals surface area contributed by atoms with E-state index in [0.717, 1.165) is 94.2 Å². The molecule has 270 valence electrons. The molecule has 0 aliphatic carbocycles. The lowest BCUT2D eigenvalue weighted by atomic mass is 10.0. The van der Waals surface area contributed by atoms with E-state index in [1.165, 1.54) is 0 Å². The molecular weight excluding hydrogens is 711 g/mol. The van der Waals surface area contributed by atoms with Gasteiger partial charge < -0.3 is 9.13 Å². The van der Waals surface area contributed by atoms with E-state index in [2.05, 4.69) is 105 Å². The molecule has 0 aliphatic rings. The Labute approximate surface area is 334 Å². The van der Waals surface area contributed by atoms with Crippen LogP contribution in [0.5, 0.6) is 0 Å². The van der Waals surface area contributed by atoms with Crippen LogP contribution in [0.4, 0.5) is 0 Å². The first-order chi connectivity index (χ1) is 28.4. The zero-order chi connectivity index (χ0) is 39.5. The summed E-state index contributed by atoms with van der Waals surface area (Å²) >= 11 is 0. The molecule has 3 aromatic heterocycles. The molecule has 0 saturated carbocycles. The number of nitriles is 3. The highest BCUT2D eigenvalue weighted by molar-refractivity contribution is 6.12. The van der Waals surface area contributed by atoms with Crippen LogP contribution in [0, 0.1) is 47.8 Å². The summed E-state index contributed by atoms with van der Waals surface area (Å²) in [6.45, 7) is 3.87. The van der Waals surface area contributed by atoms with Crippen molar-refractivity contribution < 1.29 is 0 Å². The molecule has 10 aromatic rings. The third-order valence-corrected chi connectivity index (χ3v) is 11.0. The molecule has 0 fully saturated rings. The minimum absolute atomic E-state index is 0.504. The van der Waals surface area contributed by atoms with Crippen LogP contribution in [0.25, 0.3) is 88.5 Å². The predicted molar refractivity (Wildman–Crippen MR) is 231 cm³/mol. The zero-order valence-electron chi connectivity index (χ0n) is 31.6. The molecule has 58 heavy (non-hydrogen) atoms. The first-order valence-corrected chi connectivity index (χ1v) is 18.9. The summed E-state index contributed by atoms with van der Waals surface area (Å²) in [6.07, 6.45) is 0. The standard InChI is InChI=1S/C51H31N7/c1-31-23-45(56-32(2)55-31)39-26-50(57-46-9-5-3-7-40(46)42-21-19-37(24-48(42)57)35-15-11-33(28-52)12-16-35)44(30-54)51(27-39)58-47-10-6-4-8-41(47)43-22-20-38(25-49(43)58)36-17-13-34(29-53)14-18-36/h3-27H,1-2H3. The highest BCUT2D eigenvalue weighted by Gasteiger charge is 2.23. The molecule has 7 heteroatoms. The molecule has 7 aromatic carbocycles. The van der Waals surface area contributed by atoms with Crippen LogP contribution in [0.15, 0.2) is 152 Å². The Morgan fingerprint density at radius 3 is 1.31 bits per heavy atom. The molecule has 0 radical (unpaired) electrons. The number of aromatic nitrogens is 4. The predicted octanol–water partition coefficient (Wildman–Crippen LogP) is 11.9. The Hall–Kier alpha value is -8.31. The first-order valence-electron chi connectivity index (χ1n) is 18.9. The van der Waals surface area contributed by atoms with Crippen molar-refractivity contribution in [1.29, 1.82) is 15.8 Å². The van der Waals surface area contributed by atoms with Gasteiger partial charge in [0, 0.05) is 32.8 Å². The molecular formula is C51H31N7. The molecule has 0 amide bonds. The van der Waals surface area contributed by atoms with Crippen LogP contribution in [0.2, 0.25) is 0 Å². The second-order valence-electron chi connectivity index (χ2n) is 14.5. The average molecular weight is 742 g/mol. The van der Waals surface area contributed by atoms with Gasteiger partial charge in [-0.3, -0.25) is 0 Å². The molecule has 0 aliphatic heterocycles. The van der Waals surface area contributed by atoms with Crippen molar-refractivity contribution >= 4 is 43.6 Å². The van der Waals surface area contributed by atoms with Gasteiger partial charge in [0.25, 0.3) is 0 Å². The van der Waals surface area contributed by atoms with Crippen molar-refractivity contribution in [2.45, 2.75) is 13.8 Å². The van der Waals surface area contributed by atoms with Crippen molar-refractivity contribution in [2.75, 3.05) is 0 Å². The minimum Gasteiger partial charge on any atom is -0.308 e. The summed E-state index contributed by atoms with van der Waals surface area (Å²) < 4.78 is 4.42. The molecule has 0 saturated heterocycles. The van der Waals surface area contributed by atoms with Gasteiger partial charge in [-0.15, -0.1) is 0 Å². The zero-order valence-corrected chi connectivity index (χ0v) is 31.6. The number of nitrogens with zero attached hydrogens (tertiary/aromatic N) is 7. The SMILES string of the molecule is Cc1cc(-c2cc(-n3c4ccccc4c4ccc(-c5ccc(C#N)cc5)cc43)c(C#N)c(-n3c4ccccc4c4ccc(-c5ccc(C#N)cc5)cc43)c2)nc(C)n1. The van der Waals surface area contributed by atoms with Crippen molar-refractivity contribution in [1.82, 2.24) is 19.1 Å². The fourth-order valence-electron chi connectivity index (χ4n) is 8.39. The third-order valence-electron chi connectivity index (χ3n) is 11.0. The van der Waals surface area contributed by atoms with Crippen LogP contribution >= 0.6 is 0 Å². The van der Waals surface area contributed by atoms with Crippen molar-refractivity contribution in [3.05, 3.63) is 180 Å². The lowest BCUT2D eigenvalue weighted by Gasteiger charge is -2.18. The molecule has 0 atom stereocenters. The number of hydrogen-bond acceptors (Lipinski definition) is 5. The summed E-state index contributed by atoms with van der Waals surface area (Å²) in [5, 5.41) is 34.6. The van der Waals surface area contributed by atoms with Crippen LogP contribution in [-0.4, -0.2) is 19.1 Å². The maximum atomic E-state index is 11.4. The molecule has 7 nitrogen and oxygen atoms in total. The second-order valence-corrected chi connectivity index (χ2v) is 14.5. The number of rotatable bonds is 5. The fourth-order valence-corrected chi connectivity index (χ4v) is 8.39. The summed E-state index contributed by atoms with van der Waals surface area (Å²) in [4.78, 5) is 9.52. The number of para-hydroxylation sites is 2. The maximum absolute atomic E-state index is 11.4. The highest BCUT2D eigenvalue weighted by atomic mass is 15.0. The topological polar surface area (TPSA) is 107 Å². The van der Waals surface area contributed by atoms with Crippen LogP contribution in [0.3, 0.4) is 0 Å². The van der Waals surface area contributed by atoms with E-state index in [0.29, 0.717) is 22.5 Å². The van der Waals surface area contributed by atoms with Crippen molar-refractivity contribution in [3.63, 3.8) is 0 Å². The van der Waals surface area contributed by atoms with Gasteiger partial charge in [0.2, 0.25) is 0 Å². The second kappa shape index (κ2) is 13.5. The van der Waals surface area contributed by atoms with E-state index < -0.39 is 0 Å². The fraction of sp³-hybridized carbons (Fsp3) is 0.0392. The van der Waals surface area contributed by atoms with E-state index in [4.69, 9.17) is 4.98 Å². The van der Waals surface area contributed by atoms with Gasteiger partial charge in [0.05, 0.1) is 62.4 Å². The Kier molecular flexibility index (Phi) is 7.94. The Bertz CT molecular complexity index is 3220. The van der Waals surface area contributed by atoms with Crippen LogP contribution in [-0.2, 0) is 0 Å². The van der Waals surface area contributed by atoms with E-state index in [1.807, 2.05) is 92.7 Å². The van der Waals surface area contributed by atoms with Gasteiger partial charge in [0.15, 0.2) is 0 Å². The number of hydrogen-bond donors (Lipinski definition) is 0. The number of benzene rings is 7. The summed E-state index contributed by atoms with van der Waals surface area (Å²) in [5.41, 5.74) is 13.4. The van der Waals surface area contributed by atoms with Crippen molar-refractivity contribution in [2.24, 2.45) is 0 Å². The molecule has 0 unspecified atom stereocenters. The van der Waals surface area contributed by atoms with Crippen LogP contribution < -0.4 is 0 Å². The summed E-state index contributed by atoms with van der Waals surface area (Å²) in [6, 6.07) is 58.0. The van der Waals surface area contributed by atoms with Gasteiger partial charge >= 0.3 is 0 Å². The monoisotopic (exact) mass is 741 g/mol. The van der Waals surface area contributed by atoms with Gasteiger partial charge in [0.1, 0.15) is 17.5 Å². The Balaban J connectivity index is 1.32. The lowest BCUT2D eigenvalue weighted by Crippen LogP contribution is -2.06. The van der Waals surface area contributed by atoms with Gasteiger partial charge in [-0.2, -0.15) is 15.8 Å². The van der Waals surface area contributed by atoms with Gasteiger partial charge in [-0.1, -0.05) is 84.9 Å². The normalized spacial score (nSPS) is 11.2. The average Bonchev–Trinajstić information content (AvgIpc) is 3.77. The maximum Gasteiger partial charge on any atom is 0.126 e. The molecule has 0 bridgehead atoms. The van der Waals surface area contributed by atoms with E-state index in [9.17, 15) is 15.8 Å². The van der Waals surface area contributed by atoms with E-state index in [1.54, 1.807) is 0 Å². The molecule has 3 heterocycles. The highest BCUT2D eigenvalue weighted by Crippen LogP contribution is 2.41. The minimum atomic E-state index is 0.504. The van der Waals surface area contributed by atoms with Gasteiger partial charge in [-0.05, 0) is 103 Å². The third kappa shape index (κ3) is 5.48. The lowest BCUT2D eigenvalue weighted by molar-refractivity contribution is 1.01. The molecule has 0 spiro atoms. The summed E-state index contributed by atoms with van der Waals surface area (Å²) in [5.74, 6) is 0.662. The van der Waals surface area contributed by atoms with Gasteiger partial charge in [-0.25, -0.2) is 9.97 Å². The smallest absolute Gasteiger partial charge is 0.126 e. The largest absolute Gasteiger partial charge is 0.308 e. The van der Waals surface area contributed by atoms with E-state index >= 15 is 0 Å². The van der Waals surface area contributed by atoms with E-state index in [-0.39, 0.29) is 0 Å². The molecule has 10 rings (SSSR count). The van der Waals surface area contributed by atoms with Crippen LogP contribution in [0.1, 0.15) is 28.2 Å². The Morgan fingerprint density at radius 1 is 0.414 bits per heavy atom. The number of fused-ring (bicyclic) bond motifs is 6. The quantitative estimate of drug-likeness (QED) is 0.174. The van der Waals surface area contributed by atoms with Crippen molar-refractivity contribution in [3.8, 4) is 63.1 Å². The molecule has 0 N–H and O–H groups in total.